The molecule has 0 spiro atoms. The number of benzene rings is 1. The summed E-state index contributed by atoms with van der Waals surface area (Å²) in [6, 6.07) is 6.34. The third kappa shape index (κ3) is 5.77. The van der Waals surface area contributed by atoms with E-state index >= 15 is 0 Å². The Balaban J connectivity index is 1.44. The molecule has 1 N–H and O–H groups in total. The van der Waals surface area contributed by atoms with E-state index in [1.165, 1.54) is 25.0 Å². The SMILES string of the molecule is O=[N+]([O-])c1ccc(/C=C/C=N\Nc2nc(N3CCCCC3)nc(N3CCCCC3)n2)cc1. The summed E-state index contributed by atoms with van der Waals surface area (Å²) in [5.74, 6) is 1.85. The van der Waals surface area contributed by atoms with Gasteiger partial charge in [0, 0.05) is 44.5 Å². The molecular formula is C22H28N8O2. The topological polar surface area (TPSA) is 113 Å². The molecule has 2 aromatic rings. The van der Waals surface area contributed by atoms with Crippen molar-refractivity contribution in [3.05, 3.63) is 46.0 Å². The van der Waals surface area contributed by atoms with Crippen molar-refractivity contribution in [2.24, 2.45) is 5.10 Å². The highest BCUT2D eigenvalue weighted by Gasteiger charge is 2.20. The predicted molar refractivity (Wildman–Crippen MR) is 126 cm³/mol. The highest BCUT2D eigenvalue weighted by molar-refractivity contribution is 5.78. The molecule has 1 aromatic heterocycles. The van der Waals surface area contributed by atoms with Crippen LogP contribution in [0.4, 0.5) is 23.5 Å². The summed E-state index contributed by atoms with van der Waals surface area (Å²) in [6.07, 6.45) is 12.3. The van der Waals surface area contributed by atoms with E-state index in [4.69, 9.17) is 4.98 Å². The van der Waals surface area contributed by atoms with Gasteiger partial charge in [-0.2, -0.15) is 20.1 Å². The third-order valence-corrected chi connectivity index (χ3v) is 5.61. The first-order valence-electron chi connectivity index (χ1n) is 11.2. The second kappa shape index (κ2) is 10.7. The number of hydrazone groups is 1. The van der Waals surface area contributed by atoms with Crippen molar-refractivity contribution >= 4 is 35.8 Å². The zero-order valence-corrected chi connectivity index (χ0v) is 18.1. The molecule has 10 heteroatoms. The number of hydrogen-bond donors (Lipinski definition) is 1. The van der Waals surface area contributed by atoms with E-state index in [9.17, 15) is 10.1 Å². The molecule has 0 amide bonds. The van der Waals surface area contributed by atoms with Gasteiger partial charge in [0.1, 0.15) is 0 Å². The lowest BCUT2D eigenvalue weighted by atomic mass is 10.1. The fourth-order valence-electron chi connectivity index (χ4n) is 3.87. The molecule has 0 bridgehead atoms. The number of nitrogens with one attached hydrogen (secondary N) is 1. The Bertz CT molecular complexity index is 928. The molecule has 32 heavy (non-hydrogen) atoms. The summed E-state index contributed by atoms with van der Waals surface area (Å²) in [5.41, 5.74) is 3.85. The maximum atomic E-state index is 10.7. The quantitative estimate of drug-likeness (QED) is 0.395. The first kappa shape index (κ1) is 21.7. The van der Waals surface area contributed by atoms with E-state index < -0.39 is 4.92 Å². The number of aromatic nitrogens is 3. The fraction of sp³-hybridized carbons (Fsp3) is 0.455. The van der Waals surface area contributed by atoms with Crippen LogP contribution < -0.4 is 15.2 Å². The molecule has 3 heterocycles. The second-order valence-electron chi connectivity index (χ2n) is 7.95. The summed E-state index contributed by atoms with van der Waals surface area (Å²) < 4.78 is 0. The Kier molecular flexibility index (Phi) is 7.21. The Hall–Kier alpha value is -3.56. The van der Waals surface area contributed by atoms with Gasteiger partial charge in [0.15, 0.2) is 0 Å². The number of hydrogen-bond acceptors (Lipinski definition) is 9. The minimum Gasteiger partial charge on any atom is -0.341 e. The van der Waals surface area contributed by atoms with Crippen LogP contribution in [0.25, 0.3) is 6.08 Å². The smallest absolute Gasteiger partial charge is 0.269 e. The maximum Gasteiger partial charge on any atom is 0.269 e. The minimum atomic E-state index is -0.413. The van der Waals surface area contributed by atoms with Crippen molar-refractivity contribution < 1.29 is 4.92 Å². The average molecular weight is 437 g/mol. The van der Waals surface area contributed by atoms with Crippen LogP contribution in [-0.4, -0.2) is 52.3 Å². The molecule has 4 rings (SSSR count). The molecule has 0 unspecified atom stereocenters. The van der Waals surface area contributed by atoms with Crippen LogP contribution in [0.3, 0.4) is 0 Å². The zero-order valence-electron chi connectivity index (χ0n) is 18.1. The highest BCUT2D eigenvalue weighted by atomic mass is 16.6. The monoisotopic (exact) mass is 436 g/mol. The van der Waals surface area contributed by atoms with E-state index in [1.807, 2.05) is 6.08 Å². The van der Waals surface area contributed by atoms with Crippen LogP contribution in [-0.2, 0) is 0 Å². The van der Waals surface area contributed by atoms with E-state index in [0.717, 1.165) is 57.4 Å². The number of nitro groups is 1. The summed E-state index contributed by atoms with van der Waals surface area (Å²) >= 11 is 0. The minimum absolute atomic E-state index is 0.0707. The molecule has 10 nitrogen and oxygen atoms in total. The molecule has 2 saturated heterocycles. The first-order chi connectivity index (χ1) is 15.7. The van der Waals surface area contributed by atoms with E-state index in [1.54, 1.807) is 24.4 Å². The van der Waals surface area contributed by atoms with Crippen LogP contribution in [0.5, 0.6) is 0 Å². The van der Waals surface area contributed by atoms with Gasteiger partial charge >= 0.3 is 0 Å². The predicted octanol–water partition coefficient (Wildman–Crippen LogP) is 3.87. The molecule has 2 fully saturated rings. The number of anilines is 3. The molecule has 2 aliphatic rings. The number of nitrogens with zero attached hydrogens (tertiary/aromatic N) is 7. The van der Waals surface area contributed by atoms with Crippen LogP contribution in [0.2, 0.25) is 0 Å². The van der Waals surface area contributed by atoms with E-state index in [2.05, 4.69) is 30.3 Å². The number of nitro benzene ring substituents is 1. The van der Waals surface area contributed by atoms with Crippen LogP contribution in [0, 0.1) is 10.1 Å². The van der Waals surface area contributed by atoms with Crippen molar-refractivity contribution in [1.29, 1.82) is 0 Å². The normalized spacial score (nSPS) is 17.2. The average Bonchev–Trinajstić information content (AvgIpc) is 2.85. The number of piperidine rings is 2. The van der Waals surface area contributed by atoms with E-state index in [-0.39, 0.29) is 5.69 Å². The lowest BCUT2D eigenvalue weighted by Gasteiger charge is -2.30. The lowest BCUT2D eigenvalue weighted by molar-refractivity contribution is -0.384. The van der Waals surface area contributed by atoms with Crippen LogP contribution in [0.1, 0.15) is 44.1 Å². The van der Waals surface area contributed by atoms with Gasteiger partial charge in [-0.15, -0.1) is 0 Å². The van der Waals surface area contributed by atoms with Crippen molar-refractivity contribution in [2.75, 3.05) is 41.4 Å². The standard InChI is InChI=1S/C22H28N8O2/c31-30(32)19-11-9-18(10-12-19)8-7-13-23-27-20-24-21(28-14-3-1-4-15-28)26-22(25-20)29-16-5-2-6-17-29/h7-13H,1-6,14-17H2,(H,24,25,26,27)/b8-7+,23-13-. The van der Waals surface area contributed by atoms with Gasteiger partial charge in [0.05, 0.1) is 4.92 Å². The van der Waals surface area contributed by atoms with Gasteiger partial charge in [0.25, 0.3) is 5.69 Å². The summed E-state index contributed by atoms with van der Waals surface area (Å²) in [5, 5.41) is 14.9. The molecule has 168 valence electrons. The number of allylic oxidation sites excluding steroid dienone is 1. The number of non-ortho nitro benzene ring substituents is 1. The Morgan fingerprint density at radius 2 is 1.44 bits per heavy atom. The highest BCUT2D eigenvalue weighted by Crippen LogP contribution is 2.22. The molecule has 0 radical (unpaired) electrons. The third-order valence-electron chi connectivity index (χ3n) is 5.61. The van der Waals surface area contributed by atoms with Crippen molar-refractivity contribution in [3.63, 3.8) is 0 Å². The Morgan fingerprint density at radius 3 is 1.97 bits per heavy atom. The molecule has 0 aliphatic carbocycles. The molecule has 1 aromatic carbocycles. The van der Waals surface area contributed by atoms with E-state index in [0.29, 0.717) is 17.8 Å². The van der Waals surface area contributed by atoms with Crippen molar-refractivity contribution in [3.8, 4) is 0 Å². The van der Waals surface area contributed by atoms with Gasteiger partial charge in [-0.05, 0) is 62.3 Å². The summed E-state index contributed by atoms with van der Waals surface area (Å²) in [6.45, 7) is 3.85. The van der Waals surface area contributed by atoms with Gasteiger partial charge in [-0.3, -0.25) is 10.1 Å². The second-order valence-corrected chi connectivity index (χ2v) is 7.95. The zero-order chi connectivity index (χ0) is 22.2. The molecule has 0 atom stereocenters. The van der Waals surface area contributed by atoms with Crippen LogP contribution in [0.15, 0.2) is 35.4 Å². The Labute approximate surface area is 187 Å². The molecular weight excluding hydrogens is 408 g/mol. The van der Waals surface area contributed by atoms with Crippen molar-refractivity contribution in [2.45, 2.75) is 38.5 Å². The largest absolute Gasteiger partial charge is 0.341 e. The lowest BCUT2D eigenvalue weighted by Crippen LogP contribution is -2.34. The summed E-state index contributed by atoms with van der Waals surface area (Å²) in [4.78, 5) is 28.7. The molecule has 0 saturated carbocycles. The first-order valence-corrected chi connectivity index (χ1v) is 11.2. The maximum absolute atomic E-state index is 10.7. The number of rotatable bonds is 7. The fourth-order valence-corrected chi connectivity index (χ4v) is 3.87. The molecule has 2 aliphatic heterocycles. The van der Waals surface area contributed by atoms with Gasteiger partial charge in [-0.25, -0.2) is 5.43 Å². The van der Waals surface area contributed by atoms with Gasteiger partial charge < -0.3 is 9.80 Å². The van der Waals surface area contributed by atoms with Crippen molar-refractivity contribution in [1.82, 2.24) is 15.0 Å². The van der Waals surface area contributed by atoms with Gasteiger partial charge in [0.2, 0.25) is 17.8 Å². The van der Waals surface area contributed by atoms with Crippen LogP contribution >= 0.6 is 0 Å². The summed E-state index contributed by atoms with van der Waals surface area (Å²) in [7, 11) is 0. The Morgan fingerprint density at radius 1 is 0.875 bits per heavy atom. The van der Waals surface area contributed by atoms with Gasteiger partial charge in [-0.1, -0.05) is 6.08 Å².